The fraction of sp³-hybridized carbons (Fsp3) is 0.250. The molecule has 1 aliphatic heterocycles. The summed E-state index contributed by atoms with van der Waals surface area (Å²) >= 11 is 0. The van der Waals surface area contributed by atoms with Gasteiger partial charge in [-0.15, -0.1) is 24.8 Å². The van der Waals surface area contributed by atoms with Gasteiger partial charge in [-0.05, 0) is 24.6 Å². The number of H-pyrrole nitrogens is 1. The van der Waals surface area contributed by atoms with Crippen molar-refractivity contribution in [2.45, 2.75) is 26.1 Å². The van der Waals surface area contributed by atoms with Crippen molar-refractivity contribution in [2.24, 2.45) is 0 Å². The van der Waals surface area contributed by atoms with Crippen LogP contribution in [0.15, 0.2) is 55.0 Å². The van der Waals surface area contributed by atoms with Crippen molar-refractivity contribution in [3.05, 3.63) is 66.2 Å². The highest BCUT2D eigenvalue weighted by Gasteiger charge is 2.17. The van der Waals surface area contributed by atoms with Gasteiger partial charge < -0.3 is 9.88 Å². The van der Waals surface area contributed by atoms with Crippen LogP contribution in [0.3, 0.4) is 0 Å². The molecule has 29 heavy (non-hydrogen) atoms. The normalized spacial score (nSPS) is 13.1. The van der Waals surface area contributed by atoms with Gasteiger partial charge in [-0.2, -0.15) is 10.2 Å². The highest BCUT2D eigenvalue weighted by atomic mass is 35.5. The van der Waals surface area contributed by atoms with Crippen LogP contribution in [0.25, 0.3) is 22.8 Å². The van der Waals surface area contributed by atoms with E-state index < -0.39 is 0 Å². The summed E-state index contributed by atoms with van der Waals surface area (Å²) in [5, 5.41) is 15.6. The largest absolute Gasteiger partial charge is 0.325 e. The van der Waals surface area contributed by atoms with E-state index in [9.17, 15) is 0 Å². The third kappa shape index (κ3) is 4.22. The maximum atomic E-state index is 4.79. The Hall–Kier alpha value is -2.61. The molecule has 0 bridgehead atoms. The molecule has 0 spiro atoms. The molecule has 5 rings (SSSR count). The number of aromatic nitrogens is 6. The predicted molar refractivity (Wildman–Crippen MR) is 117 cm³/mol. The van der Waals surface area contributed by atoms with E-state index in [0.29, 0.717) is 6.54 Å². The first kappa shape index (κ1) is 21.1. The SMILES string of the molecule is Cl.Cl.c1ccc(-c2[nH]ncc2Cn2ccnc2-c2cc3n(n2)CCCNC3)cc1. The Morgan fingerprint density at radius 3 is 2.83 bits per heavy atom. The zero-order valence-electron chi connectivity index (χ0n) is 15.8. The average molecular weight is 432 g/mol. The lowest BCUT2D eigenvalue weighted by atomic mass is 10.1. The van der Waals surface area contributed by atoms with Crippen LogP contribution >= 0.6 is 24.8 Å². The molecule has 0 amide bonds. The third-order valence-electron chi connectivity index (χ3n) is 4.96. The molecule has 4 aromatic rings. The van der Waals surface area contributed by atoms with E-state index in [1.807, 2.05) is 36.8 Å². The minimum atomic E-state index is 0. The minimum absolute atomic E-state index is 0. The molecule has 152 valence electrons. The molecule has 0 saturated heterocycles. The Morgan fingerprint density at radius 1 is 1.10 bits per heavy atom. The summed E-state index contributed by atoms with van der Waals surface area (Å²) in [5.74, 6) is 0.885. The smallest absolute Gasteiger partial charge is 0.160 e. The molecule has 0 unspecified atom stereocenters. The summed E-state index contributed by atoms with van der Waals surface area (Å²) in [4.78, 5) is 4.57. The van der Waals surface area contributed by atoms with Gasteiger partial charge in [0.25, 0.3) is 0 Å². The van der Waals surface area contributed by atoms with Crippen LogP contribution in [-0.4, -0.2) is 36.1 Å². The number of nitrogens with zero attached hydrogens (tertiary/aromatic N) is 5. The second kappa shape index (κ2) is 9.26. The molecule has 4 heterocycles. The Balaban J connectivity index is 0.00000120. The van der Waals surface area contributed by atoms with E-state index in [4.69, 9.17) is 5.10 Å². The van der Waals surface area contributed by atoms with E-state index in [-0.39, 0.29) is 24.8 Å². The van der Waals surface area contributed by atoms with Crippen molar-refractivity contribution >= 4 is 24.8 Å². The molecule has 0 saturated carbocycles. The van der Waals surface area contributed by atoms with Crippen molar-refractivity contribution in [1.29, 1.82) is 0 Å². The zero-order valence-corrected chi connectivity index (χ0v) is 17.4. The molecule has 3 aromatic heterocycles. The van der Waals surface area contributed by atoms with Crippen LogP contribution in [0.4, 0.5) is 0 Å². The number of fused-ring (bicyclic) bond motifs is 1. The summed E-state index contributed by atoms with van der Waals surface area (Å²) in [6.07, 6.45) is 6.82. The maximum Gasteiger partial charge on any atom is 0.160 e. The van der Waals surface area contributed by atoms with E-state index in [0.717, 1.165) is 54.4 Å². The quantitative estimate of drug-likeness (QED) is 0.518. The number of aryl methyl sites for hydroxylation is 1. The Morgan fingerprint density at radius 2 is 1.97 bits per heavy atom. The summed E-state index contributed by atoms with van der Waals surface area (Å²) < 4.78 is 4.23. The Kier molecular flexibility index (Phi) is 6.74. The molecule has 9 heteroatoms. The van der Waals surface area contributed by atoms with Gasteiger partial charge in [0.15, 0.2) is 5.82 Å². The van der Waals surface area contributed by atoms with Crippen LogP contribution in [0, 0.1) is 0 Å². The van der Waals surface area contributed by atoms with Crippen molar-refractivity contribution in [3.63, 3.8) is 0 Å². The van der Waals surface area contributed by atoms with E-state index in [1.165, 1.54) is 5.69 Å². The molecule has 0 aliphatic carbocycles. The lowest BCUT2D eigenvalue weighted by molar-refractivity contribution is 0.588. The van der Waals surface area contributed by atoms with Crippen molar-refractivity contribution in [1.82, 2.24) is 34.8 Å². The molecule has 0 radical (unpaired) electrons. The second-order valence-electron chi connectivity index (χ2n) is 6.79. The summed E-state index contributed by atoms with van der Waals surface area (Å²) in [6, 6.07) is 12.4. The number of hydrogen-bond acceptors (Lipinski definition) is 4. The Labute approximate surface area is 181 Å². The number of benzene rings is 1. The predicted octanol–water partition coefficient (Wildman–Crippen LogP) is 3.52. The fourth-order valence-corrected chi connectivity index (χ4v) is 3.61. The number of rotatable bonds is 4. The lowest BCUT2D eigenvalue weighted by Gasteiger charge is -2.07. The first-order valence-corrected chi connectivity index (χ1v) is 9.25. The van der Waals surface area contributed by atoms with Crippen LogP contribution < -0.4 is 5.32 Å². The summed E-state index contributed by atoms with van der Waals surface area (Å²) in [6.45, 7) is 3.53. The van der Waals surface area contributed by atoms with Crippen molar-refractivity contribution in [2.75, 3.05) is 6.54 Å². The van der Waals surface area contributed by atoms with Gasteiger partial charge in [-0.3, -0.25) is 9.78 Å². The van der Waals surface area contributed by atoms with Crippen molar-refractivity contribution in [3.8, 4) is 22.8 Å². The summed E-state index contributed by atoms with van der Waals surface area (Å²) in [5.41, 5.74) is 5.43. The van der Waals surface area contributed by atoms with Crippen LogP contribution in [-0.2, 0) is 19.6 Å². The van der Waals surface area contributed by atoms with Crippen LogP contribution in [0.5, 0.6) is 0 Å². The maximum absolute atomic E-state index is 4.79. The van der Waals surface area contributed by atoms with Gasteiger partial charge in [0.2, 0.25) is 0 Å². The highest BCUT2D eigenvalue weighted by molar-refractivity contribution is 5.85. The number of halogens is 2. The van der Waals surface area contributed by atoms with E-state index >= 15 is 0 Å². The molecule has 7 nitrogen and oxygen atoms in total. The number of hydrogen-bond donors (Lipinski definition) is 2. The topological polar surface area (TPSA) is 76.3 Å². The zero-order chi connectivity index (χ0) is 18.1. The van der Waals surface area contributed by atoms with Gasteiger partial charge in [0.05, 0.1) is 24.1 Å². The second-order valence-corrected chi connectivity index (χ2v) is 6.79. The fourth-order valence-electron chi connectivity index (χ4n) is 3.61. The first-order chi connectivity index (χ1) is 13.4. The Bertz CT molecular complexity index is 1030. The van der Waals surface area contributed by atoms with E-state index in [2.05, 4.69) is 47.9 Å². The lowest BCUT2D eigenvalue weighted by Crippen LogP contribution is -2.11. The highest BCUT2D eigenvalue weighted by Crippen LogP contribution is 2.24. The summed E-state index contributed by atoms with van der Waals surface area (Å²) in [7, 11) is 0. The average Bonchev–Trinajstić information content (AvgIpc) is 3.41. The number of imidazole rings is 1. The van der Waals surface area contributed by atoms with Gasteiger partial charge >= 0.3 is 0 Å². The van der Waals surface area contributed by atoms with Crippen LogP contribution in [0.2, 0.25) is 0 Å². The molecule has 1 aliphatic rings. The molecule has 0 atom stereocenters. The van der Waals surface area contributed by atoms with Crippen molar-refractivity contribution < 1.29 is 0 Å². The molecular formula is C20H23Cl2N7. The molecule has 0 fully saturated rings. The third-order valence-corrected chi connectivity index (χ3v) is 4.96. The van der Waals surface area contributed by atoms with Crippen LogP contribution in [0.1, 0.15) is 17.7 Å². The first-order valence-electron chi connectivity index (χ1n) is 9.25. The van der Waals surface area contributed by atoms with Gasteiger partial charge in [0.1, 0.15) is 5.69 Å². The minimum Gasteiger partial charge on any atom is -0.325 e. The number of aromatic amines is 1. The molecular weight excluding hydrogens is 409 g/mol. The van der Waals surface area contributed by atoms with E-state index in [1.54, 1.807) is 0 Å². The van der Waals surface area contributed by atoms with Gasteiger partial charge in [0, 0.05) is 31.0 Å². The van der Waals surface area contributed by atoms with Gasteiger partial charge in [-0.1, -0.05) is 30.3 Å². The monoisotopic (exact) mass is 431 g/mol. The van der Waals surface area contributed by atoms with Gasteiger partial charge in [-0.25, -0.2) is 4.98 Å². The number of nitrogens with one attached hydrogen (secondary N) is 2. The molecule has 2 N–H and O–H groups in total. The standard InChI is InChI=1S/C20H21N7.2ClH/c1-2-5-15(6-3-1)19-16(12-23-24-19)14-26-10-8-22-20(26)18-11-17-13-21-7-4-9-27(17)25-18;;/h1-3,5-6,8,10-12,21H,4,7,9,13-14H2,(H,23,24);2*1H. The molecule has 1 aromatic carbocycles.